The van der Waals surface area contributed by atoms with Gasteiger partial charge in [0.25, 0.3) is 0 Å². The van der Waals surface area contributed by atoms with E-state index in [1.165, 1.54) is 6.07 Å². The topological polar surface area (TPSA) is 32.3 Å². The van der Waals surface area contributed by atoms with Gasteiger partial charge in [-0.1, -0.05) is 25.1 Å². The summed E-state index contributed by atoms with van der Waals surface area (Å²) in [4.78, 5) is 14.0. The van der Waals surface area contributed by atoms with E-state index in [2.05, 4.69) is 12.2 Å². The lowest BCUT2D eigenvalue weighted by Crippen LogP contribution is -2.41. The lowest BCUT2D eigenvalue weighted by atomic mass is 9.96. The first-order chi connectivity index (χ1) is 10.9. The Balaban J connectivity index is 0.00000288. The predicted molar refractivity (Wildman–Crippen MR) is 90.2 cm³/mol. The van der Waals surface area contributed by atoms with Gasteiger partial charge in [0.1, 0.15) is 0 Å². The highest BCUT2D eigenvalue weighted by Crippen LogP contribution is 2.29. The number of likely N-dealkylation sites (tertiary alicyclic amines) is 1. The molecule has 3 nitrogen and oxygen atoms in total. The molecule has 136 valence electrons. The summed E-state index contributed by atoms with van der Waals surface area (Å²) in [7, 11) is 0. The molecular weight excluding hydrogens is 341 g/mol. The number of alkyl halides is 3. The van der Waals surface area contributed by atoms with Gasteiger partial charge < -0.3 is 10.2 Å². The molecule has 24 heavy (non-hydrogen) atoms. The zero-order valence-electron chi connectivity index (χ0n) is 13.7. The Hall–Kier alpha value is -1.27. The zero-order valence-corrected chi connectivity index (χ0v) is 14.6. The number of nitrogens with one attached hydrogen (secondary N) is 1. The first-order valence-corrected chi connectivity index (χ1v) is 8.04. The van der Waals surface area contributed by atoms with Gasteiger partial charge in [0.05, 0.1) is 12.0 Å². The maximum Gasteiger partial charge on any atom is 0.416 e. The van der Waals surface area contributed by atoms with Gasteiger partial charge in [-0.25, -0.2) is 0 Å². The molecule has 1 fully saturated rings. The highest BCUT2D eigenvalue weighted by Gasteiger charge is 2.30. The lowest BCUT2D eigenvalue weighted by molar-refractivity contribution is -0.138. The van der Waals surface area contributed by atoms with Crippen LogP contribution < -0.4 is 5.32 Å². The molecule has 0 radical (unpaired) electrons. The summed E-state index contributed by atoms with van der Waals surface area (Å²) in [5.74, 6) is 0.485. The normalized spacial score (nSPS) is 15.9. The molecule has 7 heteroatoms. The van der Waals surface area contributed by atoms with E-state index in [0.717, 1.165) is 38.1 Å². The maximum absolute atomic E-state index is 12.7. The smallest absolute Gasteiger partial charge is 0.342 e. The lowest BCUT2D eigenvalue weighted by Gasteiger charge is -2.32. The summed E-state index contributed by atoms with van der Waals surface area (Å²) in [6.07, 6.45) is -2.45. The number of halogens is 4. The van der Waals surface area contributed by atoms with Crippen LogP contribution in [0.15, 0.2) is 24.3 Å². The van der Waals surface area contributed by atoms with Gasteiger partial charge in [0, 0.05) is 13.1 Å². The van der Waals surface area contributed by atoms with Crippen molar-refractivity contribution in [2.24, 2.45) is 5.92 Å². The Kier molecular flexibility index (Phi) is 8.03. The first-order valence-electron chi connectivity index (χ1n) is 8.04. The SMILES string of the molecule is CCNCC1CCN(C(=O)Cc2cccc(C(F)(F)F)c2)CC1.Cl. The van der Waals surface area contributed by atoms with Crippen LogP contribution in [0.2, 0.25) is 0 Å². The molecule has 1 aromatic carbocycles. The quantitative estimate of drug-likeness (QED) is 0.867. The van der Waals surface area contributed by atoms with E-state index >= 15 is 0 Å². The number of hydrogen-bond acceptors (Lipinski definition) is 2. The van der Waals surface area contributed by atoms with Crippen molar-refractivity contribution in [3.8, 4) is 0 Å². The van der Waals surface area contributed by atoms with Gasteiger partial charge in [-0.15, -0.1) is 12.4 Å². The van der Waals surface area contributed by atoms with E-state index in [1.54, 1.807) is 11.0 Å². The highest BCUT2D eigenvalue weighted by atomic mass is 35.5. The molecule has 0 aliphatic carbocycles. The molecule has 2 rings (SSSR count). The minimum absolute atomic E-state index is 0. The van der Waals surface area contributed by atoms with E-state index in [9.17, 15) is 18.0 Å². The summed E-state index contributed by atoms with van der Waals surface area (Å²) >= 11 is 0. The van der Waals surface area contributed by atoms with Gasteiger partial charge >= 0.3 is 6.18 Å². The number of amides is 1. The van der Waals surface area contributed by atoms with E-state index in [1.807, 2.05) is 0 Å². The minimum Gasteiger partial charge on any atom is -0.342 e. The third-order valence-corrected chi connectivity index (χ3v) is 4.26. The molecule has 0 unspecified atom stereocenters. The van der Waals surface area contributed by atoms with Crippen molar-refractivity contribution in [2.75, 3.05) is 26.2 Å². The van der Waals surface area contributed by atoms with Crippen LogP contribution in [0.5, 0.6) is 0 Å². The fraction of sp³-hybridized carbons (Fsp3) is 0.588. The Morgan fingerprint density at radius 3 is 2.54 bits per heavy atom. The van der Waals surface area contributed by atoms with Crippen LogP contribution in [0.1, 0.15) is 30.9 Å². The van der Waals surface area contributed by atoms with Crippen LogP contribution in [0.25, 0.3) is 0 Å². The van der Waals surface area contributed by atoms with Crippen LogP contribution in [0, 0.1) is 5.92 Å². The second-order valence-corrected chi connectivity index (χ2v) is 6.01. The second kappa shape index (κ2) is 9.28. The molecule has 1 saturated heterocycles. The minimum atomic E-state index is -4.37. The summed E-state index contributed by atoms with van der Waals surface area (Å²) in [6.45, 7) is 5.34. The molecule has 0 atom stereocenters. The van der Waals surface area contributed by atoms with Crippen LogP contribution in [-0.4, -0.2) is 37.0 Å². The number of piperidine rings is 1. The Labute approximate surface area is 147 Å². The van der Waals surface area contributed by atoms with Crippen molar-refractivity contribution >= 4 is 18.3 Å². The zero-order chi connectivity index (χ0) is 16.9. The third-order valence-electron chi connectivity index (χ3n) is 4.26. The summed E-state index contributed by atoms with van der Waals surface area (Å²) in [5.41, 5.74) is -0.285. The number of rotatable bonds is 5. The molecule has 0 spiro atoms. The highest BCUT2D eigenvalue weighted by molar-refractivity contribution is 5.85. The molecule has 0 bridgehead atoms. The molecular formula is C17H24ClF3N2O. The molecule has 1 aliphatic rings. The number of carbonyl (C=O) groups excluding carboxylic acids is 1. The van der Waals surface area contributed by atoms with E-state index in [-0.39, 0.29) is 24.7 Å². The fourth-order valence-electron chi connectivity index (χ4n) is 2.88. The van der Waals surface area contributed by atoms with Crippen molar-refractivity contribution in [3.63, 3.8) is 0 Å². The van der Waals surface area contributed by atoms with Crippen molar-refractivity contribution in [3.05, 3.63) is 35.4 Å². The van der Waals surface area contributed by atoms with E-state index in [4.69, 9.17) is 0 Å². The molecule has 1 N–H and O–H groups in total. The van der Waals surface area contributed by atoms with Crippen molar-refractivity contribution < 1.29 is 18.0 Å². The molecule has 1 heterocycles. The van der Waals surface area contributed by atoms with Crippen LogP contribution >= 0.6 is 12.4 Å². The van der Waals surface area contributed by atoms with Crippen LogP contribution in [-0.2, 0) is 17.4 Å². The predicted octanol–water partition coefficient (Wildman–Crippen LogP) is 3.52. The average Bonchev–Trinajstić information content (AvgIpc) is 2.53. The Morgan fingerprint density at radius 2 is 1.96 bits per heavy atom. The van der Waals surface area contributed by atoms with Gasteiger partial charge in [0.15, 0.2) is 0 Å². The number of hydrogen-bond donors (Lipinski definition) is 1. The summed E-state index contributed by atoms with van der Waals surface area (Å²) in [5, 5.41) is 3.31. The average molecular weight is 365 g/mol. The molecule has 1 amide bonds. The first kappa shape index (κ1) is 20.8. The second-order valence-electron chi connectivity index (χ2n) is 6.01. The van der Waals surface area contributed by atoms with Gasteiger partial charge in [-0.3, -0.25) is 4.79 Å². The largest absolute Gasteiger partial charge is 0.416 e. The van der Waals surface area contributed by atoms with E-state index < -0.39 is 11.7 Å². The third kappa shape index (κ3) is 5.98. The maximum atomic E-state index is 12.7. The van der Waals surface area contributed by atoms with Crippen molar-refractivity contribution in [1.29, 1.82) is 0 Å². The Bertz CT molecular complexity index is 529. The van der Waals surface area contributed by atoms with Crippen molar-refractivity contribution in [1.82, 2.24) is 10.2 Å². The van der Waals surface area contributed by atoms with Crippen LogP contribution in [0.3, 0.4) is 0 Å². The monoisotopic (exact) mass is 364 g/mol. The number of nitrogens with zero attached hydrogens (tertiary/aromatic N) is 1. The van der Waals surface area contributed by atoms with Gasteiger partial charge in [-0.2, -0.15) is 13.2 Å². The number of carbonyl (C=O) groups is 1. The van der Waals surface area contributed by atoms with Gasteiger partial charge in [-0.05, 0) is 43.5 Å². The molecule has 0 saturated carbocycles. The Morgan fingerprint density at radius 1 is 1.29 bits per heavy atom. The molecule has 1 aromatic rings. The van der Waals surface area contributed by atoms with Crippen LogP contribution in [0.4, 0.5) is 13.2 Å². The molecule has 0 aromatic heterocycles. The van der Waals surface area contributed by atoms with E-state index in [0.29, 0.717) is 24.6 Å². The summed E-state index contributed by atoms with van der Waals surface area (Å²) in [6, 6.07) is 5.02. The van der Waals surface area contributed by atoms with Gasteiger partial charge in [0.2, 0.25) is 5.91 Å². The summed E-state index contributed by atoms with van der Waals surface area (Å²) < 4.78 is 38.1. The molecule has 1 aliphatic heterocycles. The standard InChI is InChI=1S/C17H23F3N2O.ClH/c1-2-21-12-13-6-8-22(9-7-13)16(23)11-14-4-3-5-15(10-14)17(18,19)20;/h3-5,10,13,21H,2,6-9,11-12H2,1H3;1H. The van der Waals surface area contributed by atoms with Crippen molar-refractivity contribution in [2.45, 2.75) is 32.4 Å². The fourth-order valence-corrected chi connectivity index (χ4v) is 2.88. The number of benzene rings is 1.